The minimum atomic E-state index is -0.776. The predicted molar refractivity (Wildman–Crippen MR) is 125 cm³/mol. The Balaban J connectivity index is 1.59. The van der Waals surface area contributed by atoms with Gasteiger partial charge in [-0.1, -0.05) is 69.9 Å². The van der Waals surface area contributed by atoms with Crippen molar-refractivity contribution in [1.82, 2.24) is 9.97 Å². The van der Waals surface area contributed by atoms with Gasteiger partial charge >= 0.3 is 5.97 Å². The molecule has 0 aliphatic rings. The van der Waals surface area contributed by atoms with Gasteiger partial charge in [0.25, 0.3) is 0 Å². The second kappa shape index (κ2) is 12.1. The second-order valence-electron chi connectivity index (χ2n) is 8.05. The molecule has 2 aromatic carbocycles. The molecule has 1 aromatic heterocycles. The summed E-state index contributed by atoms with van der Waals surface area (Å²) in [6.45, 7) is 4.33. The van der Waals surface area contributed by atoms with Crippen molar-refractivity contribution in [3.05, 3.63) is 77.4 Å². The summed E-state index contributed by atoms with van der Waals surface area (Å²) < 4.78 is 19.7. The number of esters is 1. The van der Waals surface area contributed by atoms with Crippen LogP contribution in [0.5, 0.6) is 5.88 Å². The molecule has 0 aliphatic carbocycles. The Morgan fingerprint density at radius 1 is 0.844 bits per heavy atom. The highest BCUT2D eigenvalue weighted by molar-refractivity contribution is 5.91. The lowest BCUT2D eigenvalue weighted by Crippen LogP contribution is -2.12. The highest BCUT2D eigenvalue weighted by Gasteiger charge is 2.16. The van der Waals surface area contributed by atoms with Crippen molar-refractivity contribution >= 4 is 5.97 Å². The Morgan fingerprint density at radius 2 is 1.56 bits per heavy atom. The number of carbonyl (C=O) groups excluding carboxylic acids is 1. The lowest BCUT2D eigenvalue weighted by atomic mass is 10.0. The predicted octanol–water partition coefficient (Wildman–Crippen LogP) is 6.97. The van der Waals surface area contributed by atoms with Crippen molar-refractivity contribution in [1.29, 1.82) is 0 Å². The third-order valence-corrected chi connectivity index (χ3v) is 5.47. The van der Waals surface area contributed by atoms with Crippen molar-refractivity contribution in [2.24, 2.45) is 0 Å². The van der Waals surface area contributed by atoms with Crippen LogP contribution in [0.2, 0.25) is 0 Å². The van der Waals surface area contributed by atoms with E-state index in [0.29, 0.717) is 5.69 Å². The molecule has 0 saturated carbocycles. The van der Waals surface area contributed by atoms with Crippen molar-refractivity contribution in [2.45, 2.75) is 65.2 Å². The van der Waals surface area contributed by atoms with Gasteiger partial charge < -0.3 is 4.74 Å². The van der Waals surface area contributed by atoms with Crippen molar-refractivity contribution < 1.29 is 13.9 Å². The molecule has 1 heterocycles. The Hall–Kier alpha value is -3.08. The van der Waals surface area contributed by atoms with E-state index in [2.05, 4.69) is 35.9 Å². The number of carbonyl (C=O) groups is 1. The molecular weight excluding hydrogens is 403 g/mol. The average Bonchev–Trinajstić information content (AvgIpc) is 2.81. The molecule has 32 heavy (non-hydrogen) atoms. The number of aryl methyl sites for hydroxylation is 2. The first-order valence-corrected chi connectivity index (χ1v) is 11.5. The van der Waals surface area contributed by atoms with Gasteiger partial charge in [-0.25, -0.2) is 19.2 Å². The van der Waals surface area contributed by atoms with E-state index in [9.17, 15) is 9.18 Å². The van der Waals surface area contributed by atoms with E-state index in [1.54, 1.807) is 12.3 Å². The summed E-state index contributed by atoms with van der Waals surface area (Å²) in [4.78, 5) is 20.9. The number of hydrogen-bond acceptors (Lipinski definition) is 4. The first-order chi connectivity index (χ1) is 15.6. The van der Waals surface area contributed by atoms with Crippen LogP contribution >= 0.6 is 0 Å². The van der Waals surface area contributed by atoms with Crippen LogP contribution in [0.1, 0.15) is 73.9 Å². The van der Waals surface area contributed by atoms with E-state index >= 15 is 0 Å². The van der Waals surface area contributed by atoms with Crippen molar-refractivity contribution in [2.75, 3.05) is 0 Å². The van der Waals surface area contributed by atoms with Gasteiger partial charge in [-0.3, -0.25) is 0 Å². The number of nitrogens with zero attached hydrogens (tertiary/aromatic N) is 2. The summed E-state index contributed by atoms with van der Waals surface area (Å²) in [6.07, 6.45) is 11.6. The molecule has 0 amide bonds. The molecule has 0 N–H and O–H groups in total. The van der Waals surface area contributed by atoms with Gasteiger partial charge in [-0.2, -0.15) is 0 Å². The van der Waals surface area contributed by atoms with E-state index in [-0.39, 0.29) is 11.4 Å². The van der Waals surface area contributed by atoms with Crippen LogP contribution in [0.3, 0.4) is 0 Å². The fraction of sp³-hybridized carbons (Fsp3) is 0.370. The van der Waals surface area contributed by atoms with Crippen LogP contribution in [0.25, 0.3) is 11.3 Å². The first kappa shape index (κ1) is 23.6. The van der Waals surface area contributed by atoms with E-state index < -0.39 is 11.8 Å². The SMILES string of the molecule is CCCCCCc1ccc(C(=O)Oc2cnc(-c3ccc(CCCC)cc3)cn2)c(F)c1. The molecular formula is C27H31FN2O2. The third-order valence-electron chi connectivity index (χ3n) is 5.47. The lowest BCUT2D eigenvalue weighted by Gasteiger charge is -2.07. The highest BCUT2D eigenvalue weighted by atomic mass is 19.1. The minimum Gasteiger partial charge on any atom is -0.402 e. The number of halogens is 1. The fourth-order valence-corrected chi connectivity index (χ4v) is 3.53. The van der Waals surface area contributed by atoms with Gasteiger partial charge in [0, 0.05) is 5.56 Å². The number of benzene rings is 2. The molecule has 0 unspecified atom stereocenters. The van der Waals surface area contributed by atoms with Crippen LogP contribution in [0, 0.1) is 5.82 Å². The van der Waals surface area contributed by atoms with Crippen LogP contribution in [-0.4, -0.2) is 15.9 Å². The Bertz CT molecular complexity index is 1000. The summed E-state index contributed by atoms with van der Waals surface area (Å²) in [5, 5.41) is 0. The summed E-state index contributed by atoms with van der Waals surface area (Å²) in [6, 6.07) is 12.9. The molecule has 168 valence electrons. The quantitative estimate of drug-likeness (QED) is 0.242. The second-order valence-corrected chi connectivity index (χ2v) is 8.05. The fourth-order valence-electron chi connectivity index (χ4n) is 3.53. The Morgan fingerprint density at radius 3 is 2.22 bits per heavy atom. The zero-order chi connectivity index (χ0) is 22.8. The number of rotatable bonds is 11. The van der Waals surface area contributed by atoms with E-state index in [4.69, 9.17) is 4.74 Å². The molecule has 0 aliphatic heterocycles. The van der Waals surface area contributed by atoms with Crippen LogP contribution in [0.15, 0.2) is 54.9 Å². The van der Waals surface area contributed by atoms with Gasteiger partial charge in [0.2, 0.25) is 5.88 Å². The normalized spacial score (nSPS) is 10.8. The molecule has 3 rings (SSSR count). The zero-order valence-corrected chi connectivity index (χ0v) is 18.9. The minimum absolute atomic E-state index is 0.0429. The average molecular weight is 435 g/mol. The van der Waals surface area contributed by atoms with E-state index in [1.807, 2.05) is 12.1 Å². The zero-order valence-electron chi connectivity index (χ0n) is 18.9. The number of ether oxygens (including phenoxy) is 1. The maximum absolute atomic E-state index is 14.4. The molecule has 0 spiro atoms. The maximum atomic E-state index is 14.4. The summed E-state index contributed by atoms with van der Waals surface area (Å²) >= 11 is 0. The number of unbranched alkanes of at least 4 members (excludes halogenated alkanes) is 4. The van der Waals surface area contributed by atoms with Crippen LogP contribution in [0.4, 0.5) is 4.39 Å². The molecule has 5 heteroatoms. The first-order valence-electron chi connectivity index (χ1n) is 11.5. The maximum Gasteiger partial charge on any atom is 0.347 e. The molecule has 0 radical (unpaired) electrons. The largest absolute Gasteiger partial charge is 0.402 e. The Kier molecular flexibility index (Phi) is 8.90. The van der Waals surface area contributed by atoms with E-state index in [1.165, 1.54) is 43.2 Å². The number of hydrogen-bond donors (Lipinski definition) is 0. The third kappa shape index (κ3) is 6.71. The molecule has 0 fully saturated rings. The van der Waals surface area contributed by atoms with Gasteiger partial charge in [0.1, 0.15) is 5.82 Å². The van der Waals surface area contributed by atoms with E-state index in [0.717, 1.165) is 43.2 Å². The topological polar surface area (TPSA) is 52.1 Å². The summed E-state index contributed by atoms with van der Waals surface area (Å²) in [5.41, 5.74) is 3.71. The van der Waals surface area contributed by atoms with Crippen LogP contribution < -0.4 is 4.74 Å². The summed E-state index contributed by atoms with van der Waals surface area (Å²) in [5.74, 6) is -1.31. The van der Waals surface area contributed by atoms with Crippen molar-refractivity contribution in [3.63, 3.8) is 0 Å². The van der Waals surface area contributed by atoms with Gasteiger partial charge in [-0.15, -0.1) is 0 Å². The monoisotopic (exact) mass is 434 g/mol. The van der Waals surface area contributed by atoms with Crippen molar-refractivity contribution in [3.8, 4) is 17.1 Å². The highest BCUT2D eigenvalue weighted by Crippen LogP contribution is 2.20. The molecule has 3 aromatic rings. The molecule has 0 saturated heterocycles. The Labute approximate surface area is 189 Å². The van der Waals surface area contributed by atoms with Gasteiger partial charge in [-0.05, 0) is 48.9 Å². The number of aromatic nitrogens is 2. The molecule has 0 bridgehead atoms. The summed E-state index contributed by atoms with van der Waals surface area (Å²) in [7, 11) is 0. The smallest absolute Gasteiger partial charge is 0.347 e. The standard InChI is InChI=1S/C27H31FN2O2/c1-3-5-7-8-10-21-13-16-23(24(28)17-21)27(31)32-26-19-29-25(18-30-26)22-14-11-20(12-15-22)9-6-4-2/h11-19H,3-10H2,1-2H3. The van der Waals surface area contributed by atoms with Crippen LogP contribution in [-0.2, 0) is 12.8 Å². The van der Waals surface area contributed by atoms with Gasteiger partial charge in [0.15, 0.2) is 0 Å². The molecule has 4 nitrogen and oxygen atoms in total. The van der Waals surface area contributed by atoms with Gasteiger partial charge in [0.05, 0.1) is 23.7 Å². The molecule has 0 atom stereocenters. The lowest BCUT2D eigenvalue weighted by molar-refractivity contribution is 0.0722.